The van der Waals surface area contributed by atoms with Gasteiger partial charge < -0.3 is 10.2 Å². The van der Waals surface area contributed by atoms with Crippen LogP contribution in [0.15, 0.2) is 16.9 Å². The van der Waals surface area contributed by atoms with Crippen LogP contribution in [0.5, 0.6) is 0 Å². The second-order valence-corrected chi connectivity index (χ2v) is 5.77. The number of rotatable bonds is 5. The Balaban J connectivity index is 2.09. The first-order valence-electron chi connectivity index (χ1n) is 6.20. The number of hydrogen-bond donors (Lipinski definition) is 2. The molecule has 0 bridgehead atoms. The van der Waals surface area contributed by atoms with Gasteiger partial charge in [-0.2, -0.15) is 9.61 Å². The summed E-state index contributed by atoms with van der Waals surface area (Å²) in [6, 6.07) is 3.58. The number of hydrogen-bond acceptors (Lipinski definition) is 5. The second kappa shape index (κ2) is 5.00. The van der Waals surface area contributed by atoms with Crippen LogP contribution in [0.3, 0.4) is 0 Å². The molecule has 0 aliphatic rings. The van der Waals surface area contributed by atoms with E-state index < -0.39 is 0 Å². The third kappa shape index (κ3) is 3.31. The summed E-state index contributed by atoms with van der Waals surface area (Å²) in [5.74, 6) is 0.669. The molecule has 2 aromatic heterocycles. The summed E-state index contributed by atoms with van der Waals surface area (Å²) in [6.45, 7) is 6.11. The molecule has 0 radical (unpaired) electrons. The van der Waals surface area contributed by atoms with E-state index in [-0.39, 0.29) is 11.1 Å². The molecule has 0 unspecified atom stereocenters. The van der Waals surface area contributed by atoms with Crippen LogP contribution in [0.1, 0.15) is 13.8 Å². The molecule has 0 atom stereocenters. The number of nitrogens with one attached hydrogen (secondary N) is 2. The number of aromatic amines is 1. The molecule has 0 aromatic carbocycles. The van der Waals surface area contributed by atoms with Gasteiger partial charge >= 0.3 is 5.69 Å². The van der Waals surface area contributed by atoms with E-state index in [1.54, 1.807) is 6.07 Å². The first-order chi connectivity index (χ1) is 8.87. The zero-order valence-electron chi connectivity index (χ0n) is 11.8. The molecular formula is C12H20N6O. The van der Waals surface area contributed by atoms with Gasteiger partial charge in [0.2, 0.25) is 0 Å². The lowest BCUT2D eigenvalue weighted by molar-refractivity contribution is 0.254. The first-order valence-corrected chi connectivity index (χ1v) is 6.20. The number of anilines is 1. The van der Waals surface area contributed by atoms with Crippen LogP contribution >= 0.6 is 0 Å². The van der Waals surface area contributed by atoms with Crippen LogP contribution in [0.25, 0.3) is 5.65 Å². The van der Waals surface area contributed by atoms with E-state index in [0.717, 1.165) is 13.1 Å². The number of nitrogens with zero attached hydrogens (tertiary/aromatic N) is 4. The topological polar surface area (TPSA) is 78.3 Å². The Bertz CT molecular complexity index is 612. The first kappa shape index (κ1) is 13.5. The van der Waals surface area contributed by atoms with Crippen molar-refractivity contribution < 1.29 is 0 Å². The van der Waals surface area contributed by atoms with Gasteiger partial charge in [-0.05, 0) is 31.6 Å². The minimum absolute atomic E-state index is 0.113. The molecule has 7 nitrogen and oxygen atoms in total. The van der Waals surface area contributed by atoms with Crippen molar-refractivity contribution in [2.45, 2.75) is 13.8 Å². The third-order valence-electron chi connectivity index (χ3n) is 2.77. The fraction of sp³-hybridized carbons (Fsp3) is 0.583. The largest absolute Gasteiger partial charge is 0.368 e. The minimum atomic E-state index is -0.328. The van der Waals surface area contributed by atoms with Crippen molar-refractivity contribution in [1.82, 2.24) is 24.7 Å². The summed E-state index contributed by atoms with van der Waals surface area (Å²) in [5, 5.41) is 13.7. The molecule has 7 heteroatoms. The van der Waals surface area contributed by atoms with Crippen molar-refractivity contribution in [2.75, 3.05) is 32.5 Å². The highest BCUT2D eigenvalue weighted by molar-refractivity contribution is 5.43. The van der Waals surface area contributed by atoms with Crippen molar-refractivity contribution in [3.05, 3.63) is 22.6 Å². The van der Waals surface area contributed by atoms with Crippen molar-refractivity contribution in [1.29, 1.82) is 0 Å². The fourth-order valence-electron chi connectivity index (χ4n) is 2.14. The number of aromatic nitrogens is 4. The van der Waals surface area contributed by atoms with Crippen LogP contribution in [0, 0.1) is 5.41 Å². The summed E-state index contributed by atoms with van der Waals surface area (Å²) in [6.07, 6.45) is 0. The van der Waals surface area contributed by atoms with Crippen LogP contribution in [0.4, 0.5) is 5.82 Å². The molecule has 0 saturated heterocycles. The molecule has 0 spiro atoms. The molecule has 2 aromatic rings. The zero-order valence-corrected chi connectivity index (χ0v) is 11.8. The molecule has 104 valence electrons. The molecule has 0 amide bonds. The van der Waals surface area contributed by atoms with Gasteiger partial charge in [-0.25, -0.2) is 9.89 Å². The summed E-state index contributed by atoms with van der Waals surface area (Å²) < 4.78 is 1.25. The summed E-state index contributed by atoms with van der Waals surface area (Å²) >= 11 is 0. The number of fused-ring (bicyclic) bond motifs is 1. The van der Waals surface area contributed by atoms with Crippen LogP contribution in [0.2, 0.25) is 0 Å². The normalized spacial score (nSPS) is 12.3. The maximum Gasteiger partial charge on any atom is 0.364 e. The van der Waals surface area contributed by atoms with Gasteiger partial charge in [0.05, 0.1) is 0 Å². The minimum Gasteiger partial charge on any atom is -0.368 e. The van der Waals surface area contributed by atoms with Gasteiger partial charge in [0.25, 0.3) is 0 Å². The van der Waals surface area contributed by atoms with Crippen LogP contribution in [-0.2, 0) is 0 Å². The van der Waals surface area contributed by atoms with Crippen LogP contribution in [-0.4, -0.2) is 51.9 Å². The van der Waals surface area contributed by atoms with E-state index in [2.05, 4.69) is 53.5 Å². The molecule has 2 N–H and O–H groups in total. The lowest BCUT2D eigenvalue weighted by atomic mass is 9.93. The highest BCUT2D eigenvalue weighted by Gasteiger charge is 2.18. The van der Waals surface area contributed by atoms with Crippen molar-refractivity contribution in [2.24, 2.45) is 5.41 Å². The molecule has 2 heterocycles. The summed E-state index contributed by atoms with van der Waals surface area (Å²) in [4.78, 5) is 13.6. The maximum absolute atomic E-state index is 11.4. The molecule has 0 saturated carbocycles. The second-order valence-electron chi connectivity index (χ2n) is 5.77. The van der Waals surface area contributed by atoms with Gasteiger partial charge in [0, 0.05) is 13.1 Å². The molecule has 0 aliphatic heterocycles. The average Bonchev–Trinajstić information content (AvgIpc) is 2.67. The van der Waals surface area contributed by atoms with Crippen molar-refractivity contribution in [3.8, 4) is 0 Å². The highest BCUT2D eigenvalue weighted by Crippen LogP contribution is 2.16. The van der Waals surface area contributed by atoms with Gasteiger partial charge in [-0.1, -0.05) is 13.8 Å². The Morgan fingerprint density at radius 1 is 1.42 bits per heavy atom. The predicted octanol–water partition coefficient (Wildman–Crippen LogP) is 0.417. The monoisotopic (exact) mass is 264 g/mol. The van der Waals surface area contributed by atoms with E-state index in [4.69, 9.17) is 0 Å². The Morgan fingerprint density at radius 3 is 2.84 bits per heavy atom. The summed E-state index contributed by atoms with van der Waals surface area (Å²) in [7, 11) is 4.11. The predicted molar refractivity (Wildman–Crippen MR) is 74.4 cm³/mol. The van der Waals surface area contributed by atoms with Gasteiger partial charge in [-0.3, -0.25) is 0 Å². The Morgan fingerprint density at radius 2 is 2.16 bits per heavy atom. The van der Waals surface area contributed by atoms with Gasteiger partial charge in [0.15, 0.2) is 5.65 Å². The van der Waals surface area contributed by atoms with Gasteiger partial charge in [0.1, 0.15) is 5.82 Å². The fourth-order valence-corrected chi connectivity index (χ4v) is 2.14. The highest BCUT2D eigenvalue weighted by atomic mass is 16.2. The molecule has 2 rings (SSSR count). The van der Waals surface area contributed by atoms with E-state index >= 15 is 0 Å². The standard InChI is InChI=1S/C12H20N6O/c1-12(2,8-17(3)4)7-13-9-5-6-10-14-15-11(19)18(10)16-9/h5-6H,7-8H2,1-4H3,(H,13,16)(H,15,19). The Kier molecular flexibility index (Phi) is 3.57. The SMILES string of the molecule is CN(C)CC(C)(C)CNc1ccc2n[nH]c(=O)n2n1. The quantitative estimate of drug-likeness (QED) is 0.818. The van der Waals surface area contributed by atoms with E-state index in [0.29, 0.717) is 11.5 Å². The van der Waals surface area contributed by atoms with E-state index in [1.165, 1.54) is 4.52 Å². The average molecular weight is 264 g/mol. The van der Waals surface area contributed by atoms with E-state index in [9.17, 15) is 4.79 Å². The van der Waals surface area contributed by atoms with Crippen molar-refractivity contribution >= 4 is 11.5 Å². The van der Waals surface area contributed by atoms with Gasteiger partial charge in [-0.15, -0.1) is 5.10 Å². The van der Waals surface area contributed by atoms with Crippen LogP contribution < -0.4 is 11.0 Å². The van der Waals surface area contributed by atoms with Crippen molar-refractivity contribution in [3.63, 3.8) is 0 Å². The molecule has 0 aliphatic carbocycles. The Labute approximate surface area is 111 Å². The smallest absolute Gasteiger partial charge is 0.364 e. The summed E-state index contributed by atoms with van der Waals surface area (Å²) in [5.41, 5.74) is 0.302. The third-order valence-corrected chi connectivity index (χ3v) is 2.77. The molecule has 0 fully saturated rings. The molecule has 19 heavy (non-hydrogen) atoms. The Hall–Kier alpha value is -1.89. The zero-order chi connectivity index (χ0) is 14.0. The number of H-pyrrole nitrogens is 1. The molecular weight excluding hydrogens is 244 g/mol. The van der Waals surface area contributed by atoms with E-state index in [1.807, 2.05) is 6.07 Å². The lowest BCUT2D eigenvalue weighted by Gasteiger charge is -2.28. The lowest BCUT2D eigenvalue weighted by Crippen LogP contribution is -2.34. The maximum atomic E-state index is 11.4.